The third kappa shape index (κ3) is 2.23. The maximum atomic E-state index is 9.97. The lowest BCUT2D eigenvalue weighted by Crippen LogP contribution is -2.35. The minimum absolute atomic E-state index is 0.0476. The van der Waals surface area contributed by atoms with Crippen molar-refractivity contribution in [1.29, 1.82) is 0 Å². The van der Waals surface area contributed by atoms with Crippen molar-refractivity contribution in [3.8, 4) is 0 Å². The lowest BCUT2D eigenvalue weighted by atomic mass is 9.78. The van der Waals surface area contributed by atoms with Gasteiger partial charge in [0, 0.05) is 5.92 Å². The predicted molar refractivity (Wildman–Crippen MR) is 56.4 cm³/mol. The summed E-state index contributed by atoms with van der Waals surface area (Å²) in [5.41, 5.74) is 0. The minimum Gasteiger partial charge on any atom is -0.392 e. The maximum absolute atomic E-state index is 9.97. The number of halogens is 1. The number of aliphatic hydroxyl groups excluding tert-OH is 1. The SMILES string of the molecule is CC1CCCC(C2OC2OPCl)C1O. The molecule has 1 heterocycles. The van der Waals surface area contributed by atoms with Gasteiger partial charge in [-0.1, -0.05) is 24.6 Å². The zero-order chi connectivity index (χ0) is 10.1. The first-order valence-corrected chi connectivity index (χ1v) is 7.01. The van der Waals surface area contributed by atoms with Gasteiger partial charge in [-0.2, -0.15) is 0 Å². The van der Waals surface area contributed by atoms with Gasteiger partial charge in [-0.05, 0) is 18.8 Å². The summed E-state index contributed by atoms with van der Waals surface area (Å²) in [7, 11) is -0.0476. The van der Waals surface area contributed by atoms with E-state index in [9.17, 15) is 5.11 Å². The second kappa shape index (κ2) is 4.63. The average Bonchev–Trinajstić information content (AvgIpc) is 2.90. The van der Waals surface area contributed by atoms with Crippen LogP contribution in [-0.4, -0.2) is 23.6 Å². The van der Waals surface area contributed by atoms with Gasteiger partial charge in [0.05, 0.1) is 6.10 Å². The molecule has 0 bridgehead atoms. The molecule has 6 unspecified atom stereocenters. The number of rotatable bonds is 3. The van der Waals surface area contributed by atoms with Crippen LogP contribution in [0.15, 0.2) is 0 Å². The fraction of sp³-hybridized carbons (Fsp3) is 1.00. The first-order valence-electron chi connectivity index (χ1n) is 5.09. The molecule has 1 saturated carbocycles. The van der Waals surface area contributed by atoms with Crippen LogP contribution in [0.2, 0.25) is 0 Å². The highest BCUT2D eigenvalue weighted by Crippen LogP contribution is 2.43. The van der Waals surface area contributed by atoms with Crippen molar-refractivity contribution in [2.75, 3.05) is 0 Å². The third-order valence-corrected chi connectivity index (χ3v) is 3.87. The maximum Gasteiger partial charge on any atom is 0.189 e. The number of hydrogen-bond donors (Lipinski definition) is 1. The molecule has 0 aromatic carbocycles. The molecular formula is C9H16ClO3P. The van der Waals surface area contributed by atoms with Crippen LogP contribution >= 0.6 is 19.4 Å². The predicted octanol–water partition coefficient (Wildman–Crippen LogP) is 2.27. The van der Waals surface area contributed by atoms with Crippen LogP contribution in [0.1, 0.15) is 26.2 Å². The first-order chi connectivity index (χ1) is 6.74. The Morgan fingerprint density at radius 3 is 3.00 bits per heavy atom. The zero-order valence-corrected chi connectivity index (χ0v) is 9.91. The van der Waals surface area contributed by atoms with E-state index in [1.807, 2.05) is 0 Å². The highest BCUT2D eigenvalue weighted by molar-refractivity contribution is 7.64. The molecule has 2 aliphatic rings. The van der Waals surface area contributed by atoms with E-state index in [-0.39, 0.29) is 32.6 Å². The molecule has 2 rings (SSSR count). The molecule has 2 fully saturated rings. The molecule has 6 atom stereocenters. The Balaban J connectivity index is 1.85. The number of ether oxygens (including phenoxy) is 1. The Hall–Kier alpha value is 0.600. The molecule has 1 aliphatic carbocycles. The molecule has 0 radical (unpaired) electrons. The van der Waals surface area contributed by atoms with Crippen molar-refractivity contribution in [1.82, 2.24) is 0 Å². The van der Waals surface area contributed by atoms with Crippen LogP contribution in [0.5, 0.6) is 0 Å². The Bertz CT molecular complexity index is 204. The normalized spacial score (nSPS) is 48.6. The van der Waals surface area contributed by atoms with Crippen LogP contribution in [0.4, 0.5) is 0 Å². The van der Waals surface area contributed by atoms with Gasteiger partial charge in [0.2, 0.25) is 0 Å². The van der Waals surface area contributed by atoms with Gasteiger partial charge in [0.25, 0.3) is 0 Å². The van der Waals surface area contributed by atoms with Crippen LogP contribution in [0.25, 0.3) is 0 Å². The van der Waals surface area contributed by atoms with Gasteiger partial charge in [-0.15, -0.1) is 0 Å². The van der Waals surface area contributed by atoms with Crippen molar-refractivity contribution < 1.29 is 14.4 Å². The summed E-state index contributed by atoms with van der Waals surface area (Å²) in [6, 6.07) is 0. The molecule has 1 N–H and O–H groups in total. The van der Waals surface area contributed by atoms with Gasteiger partial charge in [-0.25, -0.2) is 0 Å². The summed E-state index contributed by atoms with van der Waals surface area (Å²) in [5, 5.41) is 9.97. The van der Waals surface area contributed by atoms with Crippen molar-refractivity contribution in [3.05, 3.63) is 0 Å². The molecule has 0 aromatic heterocycles. The van der Waals surface area contributed by atoms with E-state index in [0.29, 0.717) is 5.92 Å². The van der Waals surface area contributed by atoms with Gasteiger partial charge in [0.1, 0.15) is 14.3 Å². The fourth-order valence-electron chi connectivity index (χ4n) is 2.35. The van der Waals surface area contributed by atoms with Crippen LogP contribution in [0.3, 0.4) is 0 Å². The largest absolute Gasteiger partial charge is 0.392 e. The number of hydrogen-bond acceptors (Lipinski definition) is 3. The van der Waals surface area contributed by atoms with Gasteiger partial charge < -0.3 is 14.4 Å². The van der Waals surface area contributed by atoms with Crippen LogP contribution < -0.4 is 0 Å². The summed E-state index contributed by atoms with van der Waals surface area (Å²) in [6.07, 6.45) is 3.03. The molecule has 3 nitrogen and oxygen atoms in total. The molecule has 0 amide bonds. The summed E-state index contributed by atoms with van der Waals surface area (Å²) in [4.78, 5) is 0. The Kier molecular flexibility index (Phi) is 3.67. The smallest absolute Gasteiger partial charge is 0.189 e. The molecule has 0 spiro atoms. The molecule has 1 aliphatic heterocycles. The molecule has 1 saturated heterocycles. The summed E-state index contributed by atoms with van der Waals surface area (Å²) in [5.74, 6) is 0.633. The first kappa shape index (κ1) is 11.1. The second-order valence-electron chi connectivity index (χ2n) is 4.23. The quantitative estimate of drug-likeness (QED) is 0.606. The summed E-state index contributed by atoms with van der Waals surface area (Å²) in [6.45, 7) is 2.10. The zero-order valence-electron chi connectivity index (χ0n) is 8.15. The second-order valence-corrected chi connectivity index (χ2v) is 5.08. The monoisotopic (exact) mass is 238 g/mol. The lowest BCUT2D eigenvalue weighted by molar-refractivity contribution is 0.0126. The highest BCUT2D eigenvalue weighted by atomic mass is 35.7. The van der Waals surface area contributed by atoms with Gasteiger partial charge in [0.15, 0.2) is 6.29 Å². The lowest BCUT2D eigenvalue weighted by Gasteiger charge is -2.31. The molecule has 14 heavy (non-hydrogen) atoms. The van der Waals surface area contributed by atoms with E-state index in [1.54, 1.807) is 0 Å². The highest BCUT2D eigenvalue weighted by Gasteiger charge is 2.50. The van der Waals surface area contributed by atoms with E-state index in [4.69, 9.17) is 20.5 Å². The average molecular weight is 239 g/mol. The Labute approximate surface area is 90.8 Å². The van der Waals surface area contributed by atoms with E-state index < -0.39 is 0 Å². The van der Waals surface area contributed by atoms with Crippen molar-refractivity contribution >= 4 is 19.4 Å². The Morgan fingerprint density at radius 1 is 1.50 bits per heavy atom. The third-order valence-electron chi connectivity index (χ3n) is 3.28. The van der Waals surface area contributed by atoms with Crippen molar-refractivity contribution in [2.24, 2.45) is 11.8 Å². The molecule has 82 valence electrons. The molecular weight excluding hydrogens is 223 g/mol. The van der Waals surface area contributed by atoms with Crippen molar-refractivity contribution in [2.45, 2.75) is 44.7 Å². The van der Waals surface area contributed by atoms with Gasteiger partial charge in [-0.3, -0.25) is 0 Å². The number of epoxide rings is 1. The van der Waals surface area contributed by atoms with Crippen molar-refractivity contribution in [3.63, 3.8) is 0 Å². The summed E-state index contributed by atoms with van der Waals surface area (Å²) < 4.78 is 10.5. The number of aliphatic hydroxyl groups is 1. The van der Waals surface area contributed by atoms with E-state index in [0.717, 1.165) is 12.8 Å². The Morgan fingerprint density at radius 2 is 2.29 bits per heavy atom. The fourth-order valence-corrected chi connectivity index (χ4v) is 2.89. The van der Waals surface area contributed by atoms with Crippen LogP contribution in [-0.2, 0) is 9.26 Å². The molecule has 0 aromatic rings. The van der Waals surface area contributed by atoms with Gasteiger partial charge >= 0.3 is 0 Å². The van der Waals surface area contributed by atoms with Crippen LogP contribution in [0, 0.1) is 11.8 Å². The topological polar surface area (TPSA) is 42.0 Å². The van der Waals surface area contributed by atoms with E-state index in [1.165, 1.54) is 6.42 Å². The molecule has 5 heteroatoms. The van der Waals surface area contributed by atoms with E-state index >= 15 is 0 Å². The minimum atomic E-state index is -0.235. The summed E-state index contributed by atoms with van der Waals surface area (Å²) >= 11 is 5.47. The van der Waals surface area contributed by atoms with E-state index in [2.05, 4.69) is 6.92 Å². The standard InChI is InChI=1S/C9H16ClO3P/c1-5-3-2-4-6(7(5)11)8-9(12-8)13-14-10/h5-9,11,14H,2-4H2,1H3.